The van der Waals surface area contributed by atoms with Gasteiger partial charge in [0.2, 0.25) is 0 Å². The summed E-state index contributed by atoms with van der Waals surface area (Å²) in [6.45, 7) is 4.93. The minimum Gasteiger partial charge on any atom is -0.481 e. The Morgan fingerprint density at radius 3 is 2.55 bits per heavy atom. The first-order valence-corrected chi connectivity index (χ1v) is 8.43. The Morgan fingerprint density at radius 1 is 1.27 bits per heavy atom. The van der Waals surface area contributed by atoms with Gasteiger partial charge in [-0.3, -0.25) is 4.79 Å². The third-order valence-electron chi connectivity index (χ3n) is 4.17. The maximum atomic E-state index is 11.5. The van der Waals surface area contributed by atoms with Gasteiger partial charge in [0, 0.05) is 24.0 Å². The van der Waals surface area contributed by atoms with Gasteiger partial charge in [0.25, 0.3) is 0 Å². The summed E-state index contributed by atoms with van der Waals surface area (Å²) < 4.78 is 0. The molecule has 0 saturated heterocycles. The Morgan fingerprint density at radius 2 is 1.95 bits per heavy atom. The first-order chi connectivity index (χ1) is 10.6. The highest BCUT2D eigenvalue weighted by Crippen LogP contribution is 2.26. The highest BCUT2D eigenvalue weighted by molar-refractivity contribution is 7.09. The molecule has 0 amide bonds. The van der Waals surface area contributed by atoms with Crippen molar-refractivity contribution in [1.82, 2.24) is 10.3 Å². The quantitative estimate of drug-likeness (QED) is 0.777. The van der Waals surface area contributed by atoms with E-state index in [1.807, 2.05) is 49.6 Å². The van der Waals surface area contributed by atoms with Crippen molar-refractivity contribution in [2.45, 2.75) is 33.2 Å². The summed E-state index contributed by atoms with van der Waals surface area (Å²) in [7, 11) is 0. The molecule has 0 unspecified atom stereocenters. The van der Waals surface area contributed by atoms with Gasteiger partial charge in [-0.2, -0.15) is 0 Å². The van der Waals surface area contributed by atoms with Gasteiger partial charge in [-0.1, -0.05) is 44.2 Å². The molecule has 0 atom stereocenters. The molecule has 0 spiro atoms. The summed E-state index contributed by atoms with van der Waals surface area (Å²) in [4.78, 5) is 16.1. The van der Waals surface area contributed by atoms with Gasteiger partial charge in [0.1, 0.15) is 5.01 Å². The van der Waals surface area contributed by atoms with Crippen LogP contribution in [0.1, 0.15) is 31.7 Å². The molecule has 0 bridgehead atoms. The van der Waals surface area contributed by atoms with Crippen molar-refractivity contribution < 1.29 is 9.90 Å². The fraction of sp³-hybridized carbons (Fsp3) is 0.412. The molecule has 118 valence electrons. The molecule has 2 rings (SSSR count). The van der Waals surface area contributed by atoms with Crippen molar-refractivity contribution in [3.05, 3.63) is 40.7 Å². The van der Waals surface area contributed by atoms with E-state index in [1.165, 1.54) is 0 Å². The van der Waals surface area contributed by atoms with Crippen LogP contribution in [0.25, 0.3) is 11.3 Å². The van der Waals surface area contributed by atoms with E-state index in [1.54, 1.807) is 11.3 Å². The third-order valence-corrected chi connectivity index (χ3v) is 5.02. The SMILES string of the molecule is CCC(CC)(CNCc1nc(-c2ccccc2)cs1)C(=O)O. The number of benzene rings is 1. The van der Waals surface area contributed by atoms with E-state index in [0.29, 0.717) is 25.9 Å². The van der Waals surface area contributed by atoms with Crippen LogP contribution in [-0.2, 0) is 11.3 Å². The van der Waals surface area contributed by atoms with Crippen LogP contribution < -0.4 is 5.32 Å². The number of nitrogens with one attached hydrogen (secondary N) is 1. The molecule has 0 saturated carbocycles. The largest absolute Gasteiger partial charge is 0.481 e. The summed E-state index contributed by atoms with van der Waals surface area (Å²) in [5.74, 6) is -0.728. The lowest BCUT2D eigenvalue weighted by atomic mass is 9.82. The molecule has 0 aliphatic carbocycles. The van der Waals surface area contributed by atoms with E-state index in [4.69, 9.17) is 0 Å². The third kappa shape index (κ3) is 3.72. The first kappa shape index (κ1) is 16.6. The number of carbonyl (C=O) groups is 1. The maximum absolute atomic E-state index is 11.5. The Bertz CT molecular complexity index is 606. The van der Waals surface area contributed by atoms with E-state index in [0.717, 1.165) is 16.3 Å². The van der Waals surface area contributed by atoms with Crippen molar-refractivity contribution in [2.75, 3.05) is 6.54 Å². The lowest BCUT2D eigenvalue weighted by Crippen LogP contribution is -2.39. The predicted molar refractivity (Wildman–Crippen MR) is 89.9 cm³/mol. The molecule has 1 heterocycles. The van der Waals surface area contributed by atoms with Gasteiger partial charge >= 0.3 is 5.97 Å². The topological polar surface area (TPSA) is 62.2 Å². The van der Waals surface area contributed by atoms with Gasteiger partial charge in [0.05, 0.1) is 11.1 Å². The van der Waals surface area contributed by atoms with E-state index in [9.17, 15) is 9.90 Å². The second kappa shape index (κ2) is 7.51. The summed E-state index contributed by atoms with van der Waals surface area (Å²) in [5.41, 5.74) is 1.39. The lowest BCUT2D eigenvalue weighted by molar-refractivity contribution is -0.149. The van der Waals surface area contributed by atoms with E-state index < -0.39 is 11.4 Å². The molecular weight excluding hydrogens is 296 g/mol. The number of nitrogens with zero attached hydrogens (tertiary/aromatic N) is 1. The van der Waals surface area contributed by atoms with Crippen LogP contribution in [0.5, 0.6) is 0 Å². The summed E-state index contributed by atoms with van der Waals surface area (Å²) in [6.07, 6.45) is 1.25. The molecule has 5 heteroatoms. The average molecular weight is 318 g/mol. The van der Waals surface area contributed by atoms with E-state index in [2.05, 4.69) is 10.3 Å². The van der Waals surface area contributed by atoms with E-state index in [-0.39, 0.29) is 0 Å². The molecular formula is C17H22N2O2S. The van der Waals surface area contributed by atoms with Crippen LogP contribution >= 0.6 is 11.3 Å². The number of carboxylic acids is 1. The zero-order valence-electron chi connectivity index (χ0n) is 13.0. The fourth-order valence-electron chi connectivity index (χ4n) is 2.42. The van der Waals surface area contributed by atoms with Crippen LogP contribution in [0.2, 0.25) is 0 Å². The Labute approximate surface area is 135 Å². The second-order valence-corrected chi connectivity index (χ2v) is 6.33. The highest BCUT2D eigenvalue weighted by atomic mass is 32.1. The van der Waals surface area contributed by atoms with E-state index >= 15 is 0 Å². The van der Waals surface area contributed by atoms with Gasteiger partial charge in [-0.05, 0) is 12.8 Å². The molecule has 4 nitrogen and oxygen atoms in total. The molecule has 0 radical (unpaired) electrons. The summed E-state index contributed by atoms with van der Waals surface area (Å²) >= 11 is 1.60. The van der Waals surface area contributed by atoms with Crippen molar-refractivity contribution in [3.63, 3.8) is 0 Å². The van der Waals surface area contributed by atoms with Gasteiger partial charge < -0.3 is 10.4 Å². The van der Waals surface area contributed by atoms with Crippen molar-refractivity contribution in [1.29, 1.82) is 0 Å². The molecule has 2 aromatic rings. The van der Waals surface area contributed by atoms with Crippen LogP contribution in [0.4, 0.5) is 0 Å². The molecule has 2 N–H and O–H groups in total. The number of aromatic nitrogens is 1. The summed E-state index contributed by atoms with van der Waals surface area (Å²) in [6, 6.07) is 10.1. The van der Waals surface area contributed by atoms with Crippen LogP contribution in [0.3, 0.4) is 0 Å². The number of aliphatic carboxylic acids is 1. The number of hydrogen-bond acceptors (Lipinski definition) is 4. The van der Waals surface area contributed by atoms with Crippen molar-refractivity contribution >= 4 is 17.3 Å². The van der Waals surface area contributed by atoms with Crippen LogP contribution in [0.15, 0.2) is 35.7 Å². The molecule has 0 aliphatic rings. The minimum atomic E-state index is -0.728. The first-order valence-electron chi connectivity index (χ1n) is 7.55. The lowest BCUT2D eigenvalue weighted by Gasteiger charge is -2.26. The van der Waals surface area contributed by atoms with Gasteiger partial charge in [0.15, 0.2) is 0 Å². The number of thiazole rings is 1. The van der Waals surface area contributed by atoms with Gasteiger partial charge in [-0.25, -0.2) is 4.98 Å². The number of hydrogen-bond donors (Lipinski definition) is 2. The molecule has 1 aromatic carbocycles. The highest BCUT2D eigenvalue weighted by Gasteiger charge is 2.34. The van der Waals surface area contributed by atoms with Crippen LogP contribution in [-0.4, -0.2) is 22.6 Å². The zero-order chi connectivity index (χ0) is 16.0. The molecule has 22 heavy (non-hydrogen) atoms. The fourth-order valence-corrected chi connectivity index (χ4v) is 3.19. The standard InChI is InChI=1S/C17H22N2O2S/c1-3-17(4-2,16(20)21)12-18-10-15-19-14(11-22-15)13-8-6-5-7-9-13/h5-9,11,18H,3-4,10,12H2,1-2H3,(H,20,21). The normalized spacial score (nSPS) is 11.5. The molecule has 1 aromatic heterocycles. The monoisotopic (exact) mass is 318 g/mol. The number of carboxylic acid groups (broad SMARTS) is 1. The van der Waals surface area contributed by atoms with Crippen molar-refractivity contribution in [2.24, 2.45) is 5.41 Å². The predicted octanol–water partition coefficient (Wildman–Crippen LogP) is 3.79. The number of rotatable bonds is 8. The summed E-state index contributed by atoms with van der Waals surface area (Å²) in [5, 5.41) is 15.7. The Hall–Kier alpha value is -1.72. The second-order valence-electron chi connectivity index (χ2n) is 5.39. The average Bonchev–Trinajstić information content (AvgIpc) is 3.01. The Kier molecular flexibility index (Phi) is 5.69. The molecule has 0 aliphatic heterocycles. The maximum Gasteiger partial charge on any atom is 0.310 e. The van der Waals surface area contributed by atoms with Gasteiger partial charge in [-0.15, -0.1) is 11.3 Å². The Balaban J connectivity index is 1.96. The smallest absolute Gasteiger partial charge is 0.310 e. The molecule has 0 fully saturated rings. The minimum absolute atomic E-state index is 0.468. The zero-order valence-corrected chi connectivity index (χ0v) is 13.8. The van der Waals surface area contributed by atoms with Crippen LogP contribution in [0, 0.1) is 5.41 Å². The van der Waals surface area contributed by atoms with Crippen molar-refractivity contribution in [3.8, 4) is 11.3 Å².